The fourth-order valence-corrected chi connectivity index (χ4v) is 19.7. The van der Waals surface area contributed by atoms with Crippen molar-refractivity contribution < 1.29 is 46.2 Å². The van der Waals surface area contributed by atoms with Gasteiger partial charge in [-0.05, 0) is 276 Å². The molecule has 8 heterocycles. The highest BCUT2D eigenvalue weighted by molar-refractivity contribution is 9.11. The van der Waals surface area contributed by atoms with Crippen LogP contribution in [0, 0.1) is 29.6 Å². The van der Waals surface area contributed by atoms with Crippen LogP contribution in [0.5, 0.6) is 11.5 Å². The molecule has 0 unspecified atom stereocenters. The van der Waals surface area contributed by atoms with Gasteiger partial charge in [0, 0.05) is 166 Å². The molecule has 4 aliphatic rings. The van der Waals surface area contributed by atoms with Gasteiger partial charge in [-0.2, -0.15) is 28.9 Å². The number of nitrogens with one attached hydrogen (secondary N) is 4. The molecule has 130 heavy (non-hydrogen) atoms. The number of carbonyl (C=O) groups excluding carboxylic acids is 1. The molecule has 4 aromatic heterocycles. The molecule has 0 saturated carbocycles. The number of unbranched alkanes of at least 4 members (excludes halogenated alkanes) is 1. The lowest BCUT2D eigenvalue weighted by atomic mass is 9.99. The van der Waals surface area contributed by atoms with Gasteiger partial charge in [-0.25, -0.2) is 19.3 Å². The zero-order valence-electron chi connectivity index (χ0n) is 76.8. The van der Waals surface area contributed by atoms with Crippen molar-refractivity contribution in [3.8, 4) is 46.2 Å². The molecule has 0 spiro atoms. The summed E-state index contributed by atoms with van der Waals surface area (Å²) in [5, 5.41) is 39.8. The average molecular weight is 1980 g/mol. The maximum Gasteiger partial charge on any atom is 0.419 e. The summed E-state index contributed by atoms with van der Waals surface area (Å²) in [6.07, 6.45) is 11.4. The maximum absolute atomic E-state index is 13.7. The number of aromatic nitrogens is 6. The first-order valence-corrected chi connectivity index (χ1v) is 52.3. The van der Waals surface area contributed by atoms with Crippen LogP contribution in [0.1, 0.15) is 108 Å². The Morgan fingerprint density at radius 1 is 0.623 bits per heavy atom. The Labute approximate surface area is 786 Å². The Kier molecular flexibility index (Phi) is 34.8. The number of halogens is 3. The van der Waals surface area contributed by atoms with E-state index >= 15 is 0 Å². The van der Waals surface area contributed by atoms with E-state index in [1.807, 2.05) is 55.5 Å². The highest BCUT2D eigenvalue weighted by Crippen LogP contribution is 2.45. The van der Waals surface area contributed by atoms with Gasteiger partial charge in [0.2, 0.25) is 11.2 Å². The Hall–Kier alpha value is -9.95. The van der Waals surface area contributed by atoms with Crippen LogP contribution in [0.3, 0.4) is 0 Å². The van der Waals surface area contributed by atoms with Crippen LogP contribution < -0.4 is 51.6 Å². The van der Waals surface area contributed by atoms with Gasteiger partial charge in [-0.3, -0.25) is 14.4 Å². The predicted octanol–water partition coefficient (Wildman–Crippen LogP) is 19.0. The smallest absolute Gasteiger partial charge is 0.419 e. The van der Waals surface area contributed by atoms with Gasteiger partial charge in [-0.1, -0.05) is 57.0 Å². The molecule has 0 atom stereocenters. The molecule has 0 bridgehead atoms. The van der Waals surface area contributed by atoms with Crippen LogP contribution in [0.4, 0.5) is 56.5 Å². The van der Waals surface area contributed by atoms with E-state index in [1.54, 1.807) is 116 Å². The van der Waals surface area contributed by atoms with E-state index in [1.165, 1.54) is 97.3 Å². The summed E-state index contributed by atoms with van der Waals surface area (Å²) in [6, 6.07) is 46.0. The summed E-state index contributed by atoms with van der Waals surface area (Å²) in [7, 11) is -1.74. The Balaban J connectivity index is 0.000000183. The molecule has 7 aromatic carbocycles. The molecule has 0 aliphatic carbocycles. The van der Waals surface area contributed by atoms with Crippen molar-refractivity contribution in [3.63, 3.8) is 0 Å². The molecular weight excluding hydrogens is 1850 g/mol. The molecule has 4 fully saturated rings. The van der Waals surface area contributed by atoms with Crippen molar-refractivity contribution in [1.29, 1.82) is 10.5 Å². The number of nitrogens with zero attached hydrogens (tertiary/aromatic N) is 13. The number of hydrogen-bond acceptors (Lipinski definition) is 25. The molecule has 34 heteroatoms. The molecule has 0 amide bonds. The molecule has 28 nitrogen and oxygen atoms in total. The lowest BCUT2D eigenvalue weighted by Gasteiger charge is -2.43. The number of nitrogens with two attached hydrogens (primary N) is 1. The Bertz CT molecular complexity index is 6100. The lowest BCUT2D eigenvalue weighted by Crippen LogP contribution is -2.52. The van der Waals surface area contributed by atoms with E-state index in [0.29, 0.717) is 94.4 Å². The van der Waals surface area contributed by atoms with Crippen molar-refractivity contribution in [1.82, 2.24) is 49.1 Å². The summed E-state index contributed by atoms with van der Waals surface area (Å²) in [4.78, 5) is 49.5. The molecule has 0 radical (unpaired) electrons. The largest absolute Gasteiger partial charge is 0.495 e. The topological polar surface area (TPSA) is 355 Å². The second-order valence-corrected chi connectivity index (χ2v) is 44.5. The monoisotopic (exact) mass is 1970 g/mol. The normalized spacial score (nSPS) is 15.2. The van der Waals surface area contributed by atoms with Crippen molar-refractivity contribution in [2.75, 3.05) is 172 Å². The van der Waals surface area contributed by atoms with E-state index in [-0.39, 0.29) is 10.2 Å². The van der Waals surface area contributed by atoms with Gasteiger partial charge in [0.15, 0.2) is 0 Å². The number of piperidine rings is 2. The second-order valence-electron chi connectivity index (χ2n) is 34.7. The number of aromatic amines is 1. The van der Waals surface area contributed by atoms with Crippen LogP contribution in [-0.4, -0.2) is 231 Å². The Morgan fingerprint density at radius 2 is 1.12 bits per heavy atom. The number of aryl methyl sites for hydroxylation is 3. The number of nitrogen functional groups attached to an aromatic ring is 1. The summed E-state index contributed by atoms with van der Waals surface area (Å²) in [6.45, 7) is 34.7. The zero-order valence-corrected chi connectivity index (χ0v) is 83.4. The van der Waals surface area contributed by atoms with Gasteiger partial charge < -0.3 is 74.7 Å². The number of ether oxygens (including phenoxy) is 3. The van der Waals surface area contributed by atoms with Gasteiger partial charge in [0.1, 0.15) is 43.0 Å². The SMILES string of the molecule is CC(C)(C)OC(=O)n1c(-c2ccc(Nc3nc(Cl)ncc3Br)c(P(C)(C)=O)c2)cc2cc(C#N)ccc21.CCCCO.CCc1cc(N)c(OC)cc1N1CCC(N2CCN(C)CC2)CC1.CCc1cc(Nc2ncc(Br)c(Nc3ccc(-c4cc5cc(C#N)ccc5[nH]4)cc3P(C)(C)=O)n2)c(OC)cc1N1CCC(N2CCN(C)CC2)CC1.Cc1ccc(S(=O)(=O)O)cc1. The third kappa shape index (κ3) is 26.5. The first-order valence-electron chi connectivity index (χ1n) is 43.7. The van der Waals surface area contributed by atoms with Gasteiger partial charge >= 0.3 is 6.09 Å². The summed E-state index contributed by atoms with van der Waals surface area (Å²) in [5.74, 6) is 2.89. The van der Waals surface area contributed by atoms with Crippen LogP contribution in [0.25, 0.3) is 44.3 Å². The number of likely N-dealkylation sites (N-methyl/N-ethyl adjacent to an activating group) is 2. The zero-order chi connectivity index (χ0) is 94.1. The summed E-state index contributed by atoms with van der Waals surface area (Å²) >= 11 is 13.0. The van der Waals surface area contributed by atoms with Crippen molar-refractivity contribution in [3.05, 3.63) is 188 Å². The lowest BCUT2D eigenvalue weighted by molar-refractivity contribution is 0.0547. The number of carbonyl (C=O) groups is 1. The molecule has 8 N–H and O–H groups in total. The number of hydrogen-bond donors (Lipinski definition) is 7. The number of anilines is 9. The minimum atomic E-state index is -4.02. The number of rotatable bonds is 21. The van der Waals surface area contributed by atoms with E-state index in [0.717, 1.165) is 135 Å². The van der Waals surface area contributed by atoms with E-state index in [4.69, 9.17) is 46.2 Å². The average Bonchev–Trinajstić information content (AvgIpc) is 1.60. The maximum atomic E-state index is 13.7. The van der Waals surface area contributed by atoms with E-state index in [9.17, 15) is 32.9 Å². The van der Waals surface area contributed by atoms with Crippen LogP contribution in [0.2, 0.25) is 5.28 Å². The number of nitriles is 2. The second kappa shape index (κ2) is 45.0. The Morgan fingerprint density at radius 3 is 1.62 bits per heavy atom. The standard InChI is InChI=1S/C40H47BrN9O2P.C26H24BrClN5O3P.C19H32N4O.C7H8O3S.C4H10O/c1-6-27-20-35(37(52-3)23-36(27)50-13-11-30(12-14-50)49-17-15-48(2)16-18-49)46-40-43-25-31(41)39(47-40)45-33-10-8-28(22-38(33)53(4,5)51)34-21-29-19-26(24-42)7-9-32(29)44-34;1-26(2,3)36-25(34)33-20-9-6-15(13-29)10-17(20)11-21(33)16-7-8-19(22(12-16)37(4,5)35)31-23-18(27)14-30-24(28)32-23;1-4-15-13-17(20)19(24-3)14-18(15)23-7-5-16(6-8-23)22-11-9-21(2)10-12-22;1-6-2-4-7(5-3-6)11(8,9)10;1-2-3-4-5/h7-10,19-23,25,30,44H,6,11-18H2,1-5H3,(H2,43,45,46,47);6-12,14H,1-5H3,(H,30,31,32);13-14,16H,4-12,20H2,1-3H3;2-5H,1H3,(H,8,9,10);5H,2-4H2,1H3. The molecule has 15 rings (SSSR count). The van der Waals surface area contributed by atoms with E-state index in [2.05, 4.69) is 168 Å². The quantitative estimate of drug-likeness (QED) is 0.0152. The number of methoxy groups -OCH3 is 2. The third-order valence-corrected chi connectivity index (χ3v) is 28.6. The number of H-pyrrole nitrogens is 1. The fraction of sp³-hybridized carbons (Fsp3) is 0.406. The molecule has 4 aliphatic heterocycles. The highest BCUT2D eigenvalue weighted by Gasteiger charge is 2.32. The number of aliphatic hydroxyl groups is 1. The minimum Gasteiger partial charge on any atom is -0.495 e. The van der Waals surface area contributed by atoms with Gasteiger partial charge in [0.05, 0.1) is 85.3 Å². The molecule has 4 saturated heterocycles. The van der Waals surface area contributed by atoms with Crippen LogP contribution in [-0.2, 0) is 36.8 Å². The number of piperazine rings is 2. The fourth-order valence-electron chi connectivity index (χ4n) is 16.2. The predicted molar refractivity (Wildman–Crippen MR) is 535 cm³/mol. The minimum absolute atomic E-state index is 0.0666. The molecular formula is C96H121Br2ClN18O10P2S. The summed E-state index contributed by atoms with van der Waals surface area (Å²) < 4.78 is 76.4. The highest BCUT2D eigenvalue weighted by atomic mass is 79.9. The third-order valence-electron chi connectivity index (χ3n) is 23.4. The first-order chi connectivity index (χ1) is 61.8. The van der Waals surface area contributed by atoms with Gasteiger partial charge in [-0.15, -0.1) is 0 Å². The van der Waals surface area contributed by atoms with Crippen molar-refractivity contribution >= 4 is 158 Å². The molecule has 11 aromatic rings. The van der Waals surface area contributed by atoms with E-state index < -0.39 is 36.1 Å². The van der Waals surface area contributed by atoms with Crippen LogP contribution in [0.15, 0.2) is 160 Å². The van der Waals surface area contributed by atoms with Crippen molar-refractivity contribution in [2.45, 2.75) is 122 Å². The van der Waals surface area contributed by atoms with Crippen LogP contribution >= 0.6 is 57.7 Å². The summed E-state index contributed by atoms with van der Waals surface area (Å²) in [5.41, 5.74) is 19.8. The number of benzene rings is 7. The molecule has 692 valence electrons. The number of aliphatic hydroxyl groups excluding tert-OH is 1. The van der Waals surface area contributed by atoms with Crippen molar-refractivity contribution in [2.24, 2.45) is 0 Å². The first kappa shape index (κ1) is 101. The van der Waals surface area contributed by atoms with Gasteiger partial charge in [0.25, 0.3) is 10.1 Å². The number of fused-ring (bicyclic) bond motifs is 2.